The number of benzene rings is 1. The van der Waals surface area contributed by atoms with Gasteiger partial charge in [-0.3, -0.25) is 9.59 Å². The van der Waals surface area contributed by atoms with Crippen molar-refractivity contribution in [2.24, 2.45) is 5.92 Å². The first-order valence-electron chi connectivity index (χ1n) is 8.13. The lowest BCUT2D eigenvalue weighted by atomic mass is 10.1. The van der Waals surface area contributed by atoms with E-state index in [1.807, 2.05) is 0 Å². The third kappa shape index (κ3) is 3.92. The van der Waals surface area contributed by atoms with E-state index in [9.17, 15) is 22.8 Å². The zero-order chi connectivity index (χ0) is 18.2. The van der Waals surface area contributed by atoms with Gasteiger partial charge in [0.25, 0.3) is 5.91 Å². The SMILES string of the molecule is O=C(N[C@@H]1CN(C(=O)C2CCC(F)(F)C2)C[C@@H]1F)c1ccccc1Cl. The highest BCUT2D eigenvalue weighted by atomic mass is 35.5. The number of carbonyl (C=O) groups excluding carboxylic acids is 2. The second-order valence-electron chi connectivity index (χ2n) is 6.61. The predicted octanol–water partition coefficient (Wildman–Crippen LogP) is 3.05. The van der Waals surface area contributed by atoms with Gasteiger partial charge in [0.05, 0.1) is 23.2 Å². The van der Waals surface area contributed by atoms with Crippen molar-refractivity contribution in [3.63, 3.8) is 0 Å². The van der Waals surface area contributed by atoms with Crippen molar-refractivity contribution in [3.8, 4) is 0 Å². The van der Waals surface area contributed by atoms with Gasteiger partial charge in [-0.1, -0.05) is 23.7 Å². The third-order valence-electron chi connectivity index (χ3n) is 4.75. The molecule has 2 amide bonds. The molecule has 1 aliphatic carbocycles. The summed E-state index contributed by atoms with van der Waals surface area (Å²) in [6, 6.07) is 5.50. The lowest BCUT2D eigenvalue weighted by Crippen LogP contribution is -2.42. The largest absolute Gasteiger partial charge is 0.344 e. The van der Waals surface area contributed by atoms with Gasteiger partial charge in [-0.25, -0.2) is 13.2 Å². The smallest absolute Gasteiger partial charge is 0.253 e. The molecule has 1 aromatic rings. The maximum absolute atomic E-state index is 14.2. The second kappa shape index (κ2) is 6.86. The first-order valence-corrected chi connectivity index (χ1v) is 8.51. The van der Waals surface area contributed by atoms with Crippen LogP contribution in [0.4, 0.5) is 13.2 Å². The Hall–Kier alpha value is -1.76. The maximum atomic E-state index is 14.2. The summed E-state index contributed by atoms with van der Waals surface area (Å²) in [7, 11) is 0. The predicted molar refractivity (Wildman–Crippen MR) is 86.5 cm³/mol. The molecule has 1 unspecified atom stereocenters. The molecule has 0 bridgehead atoms. The molecular formula is C17H18ClF3N2O2. The van der Waals surface area contributed by atoms with Crippen LogP contribution in [0.1, 0.15) is 29.6 Å². The minimum Gasteiger partial charge on any atom is -0.344 e. The quantitative estimate of drug-likeness (QED) is 0.884. The number of likely N-dealkylation sites (tertiary alicyclic amines) is 1. The summed E-state index contributed by atoms with van der Waals surface area (Å²) in [5.41, 5.74) is 0.219. The fourth-order valence-electron chi connectivity index (χ4n) is 3.39. The molecular weight excluding hydrogens is 357 g/mol. The van der Waals surface area contributed by atoms with Crippen LogP contribution in [0.15, 0.2) is 24.3 Å². The van der Waals surface area contributed by atoms with Crippen molar-refractivity contribution in [3.05, 3.63) is 34.9 Å². The minimum atomic E-state index is -2.83. The van der Waals surface area contributed by atoms with Gasteiger partial charge in [0, 0.05) is 25.3 Å². The van der Waals surface area contributed by atoms with E-state index in [0.29, 0.717) is 0 Å². The molecule has 8 heteroatoms. The number of rotatable bonds is 3. The van der Waals surface area contributed by atoms with Crippen molar-refractivity contribution in [1.82, 2.24) is 10.2 Å². The molecule has 3 rings (SSSR count). The summed E-state index contributed by atoms with van der Waals surface area (Å²) in [5, 5.41) is 2.78. The summed E-state index contributed by atoms with van der Waals surface area (Å²) >= 11 is 5.94. The molecule has 1 aliphatic heterocycles. The topological polar surface area (TPSA) is 49.4 Å². The highest BCUT2D eigenvalue weighted by molar-refractivity contribution is 6.33. The summed E-state index contributed by atoms with van der Waals surface area (Å²) in [6.07, 6.45) is -2.15. The fourth-order valence-corrected chi connectivity index (χ4v) is 3.61. The molecule has 2 aliphatic rings. The number of amides is 2. The lowest BCUT2D eigenvalue weighted by molar-refractivity contribution is -0.135. The Morgan fingerprint density at radius 1 is 1.24 bits per heavy atom. The molecule has 0 aromatic heterocycles. The van der Waals surface area contributed by atoms with Crippen LogP contribution in [0.2, 0.25) is 5.02 Å². The van der Waals surface area contributed by atoms with Crippen LogP contribution in [0.25, 0.3) is 0 Å². The number of carbonyl (C=O) groups is 2. The van der Waals surface area contributed by atoms with E-state index in [1.165, 1.54) is 11.0 Å². The Kier molecular flexibility index (Phi) is 4.95. The number of nitrogens with zero attached hydrogens (tertiary/aromatic N) is 1. The van der Waals surface area contributed by atoms with Gasteiger partial charge >= 0.3 is 0 Å². The van der Waals surface area contributed by atoms with Crippen LogP contribution >= 0.6 is 11.6 Å². The molecule has 1 saturated carbocycles. The molecule has 1 heterocycles. The summed E-state index contributed by atoms with van der Waals surface area (Å²) in [4.78, 5) is 25.8. The zero-order valence-electron chi connectivity index (χ0n) is 13.4. The number of hydrogen-bond donors (Lipinski definition) is 1. The number of alkyl halides is 3. The Morgan fingerprint density at radius 3 is 2.60 bits per heavy atom. The van der Waals surface area contributed by atoms with E-state index in [-0.39, 0.29) is 36.5 Å². The number of hydrogen-bond acceptors (Lipinski definition) is 2. The first kappa shape index (κ1) is 18.0. The second-order valence-corrected chi connectivity index (χ2v) is 7.02. The van der Waals surface area contributed by atoms with Crippen molar-refractivity contribution in [1.29, 1.82) is 0 Å². The van der Waals surface area contributed by atoms with E-state index >= 15 is 0 Å². The van der Waals surface area contributed by atoms with Gasteiger partial charge in [0.15, 0.2) is 0 Å². The molecule has 1 N–H and O–H groups in total. The van der Waals surface area contributed by atoms with Crippen LogP contribution in [0, 0.1) is 5.92 Å². The van der Waals surface area contributed by atoms with Crippen molar-refractivity contribution in [2.75, 3.05) is 13.1 Å². The Balaban J connectivity index is 1.61. The Morgan fingerprint density at radius 2 is 1.96 bits per heavy atom. The first-order chi connectivity index (χ1) is 11.8. The number of halogens is 4. The average molecular weight is 375 g/mol. The fraction of sp³-hybridized carbons (Fsp3) is 0.529. The molecule has 25 heavy (non-hydrogen) atoms. The summed E-state index contributed by atoms with van der Waals surface area (Å²) < 4.78 is 40.8. The summed E-state index contributed by atoms with van der Waals surface area (Å²) in [5.74, 6) is -4.60. The average Bonchev–Trinajstić information content (AvgIpc) is 3.10. The van der Waals surface area contributed by atoms with Crippen LogP contribution in [0.5, 0.6) is 0 Å². The van der Waals surface area contributed by atoms with Crippen molar-refractivity contribution < 1.29 is 22.8 Å². The molecule has 136 valence electrons. The number of nitrogens with one attached hydrogen (secondary N) is 1. The molecule has 4 nitrogen and oxygen atoms in total. The van der Waals surface area contributed by atoms with Gasteiger partial charge in [0.2, 0.25) is 11.8 Å². The van der Waals surface area contributed by atoms with Crippen LogP contribution in [0.3, 0.4) is 0 Å². The van der Waals surface area contributed by atoms with E-state index in [1.54, 1.807) is 18.2 Å². The molecule has 1 saturated heterocycles. The minimum absolute atomic E-state index is 0.0295. The highest BCUT2D eigenvalue weighted by Crippen LogP contribution is 2.40. The van der Waals surface area contributed by atoms with Gasteiger partial charge in [-0.05, 0) is 18.6 Å². The van der Waals surface area contributed by atoms with E-state index in [4.69, 9.17) is 11.6 Å². The van der Waals surface area contributed by atoms with Crippen LogP contribution in [-0.2, 0) is 4.79 Å². The third-order valence-corrected chi connectivity index (χ3v) is 5.08. The molecule has 3 atom stereocenters. The van der Waals surface area contributed by atoms with Gasteiger partial charge in [-0.15, -0.1) is 0 Å². The normalized spacial score (nSPS) is 28.2. The standard InChI is InChI=1S/C17H18ClF3N2O2/c18-12-4-2-1-3-11(12)15(24)22-14-9-23(8-13(14)19)16(25)10-5-6-17(20,21)7-10/h1-4,10,13-14H,5-9H2,(H,22,24)/t10?,13-,14+/m0/s1. The Bertz CT molecular complexity index is 686. The van der Waals surface area contributed by atoms with E-state index in [0.717, 1.165) is 0 Å². The zero-order valence-corrected chi connectivity index (χ0v) is 14.1. The van der Waals surface area contributed by atoms with Gasteiger partial charge in [-0.2, -0.15) is 0 Å². The molecule has 0 radical (unpaired) electrons. The van der Waals surface area contributed by atoms with E-state index < -0.39 is 42.3 Å². The van der Waals surface area contributed by atoms with E-state index in [2.05, 4.69) is 5.32 Å². The summed E-state index contributed by atoms with van der Waals surface area (Å²) in [6.45, 7) is -0.230. The maximum Gasteiger partial charge on any atom is 0.253 e. The highest BCUT2D eigenvalue weighted by Gasteiger charge is 2.46. The van der Waals surface area contributed by atoms with Crippen LogP contribution in [-0.4, -0.2) is 47.9 Å². The Labute approximate surface area is 148 Å². The van der Waals surface area contributed by atoms with Gasteiger partial charge in [0.1, 0.15) is 6.17 Å². The molecule has 0 spiro atoms. The molecule has 1 aromatic carbocycles. The van der Waals surface area contributed by atoms with Gasteiger partial charge < -0.3 is 10.2 Å². The molecule has 2 fully saturated rings. The van der Waals surface area contributed by atoms with Crippen molar-refractivity contribution in [2.45, 2.75) is 37.4 Å². The van der Waals surface area contributed by atoms with Crippen LogP contribution < -0.4 is 5.32 Å². The monoisotopic (exact) mass is 374 g/mol. The van der Waals surface area contributed by atoms with Crippen molar-refractivity contribution >= 4 is 23.4 Å². The lowest BCUT2D eigenvalue weighted by Gasteiger charge is -2.20.